The van der Waals surface area contributed by atoms with Crippen molar-refractivity contribution in [1.82, 2.24) is 10.6 Å². The number of nitrogen functional groups attached to an aromatic ring is 1. The van der Waals surface area contributed by atoms with E-state index in [2.05, 4.69) is 16.1 Å². The van der Waals surface area contributed by atoms with Gasteiger partial charge in [0.15, 0.2) is 0 Å². The smallest absolute Gasteiger partial charge is 0.251 e. The number of hydrogen-bond donors (Lipinski definition) is 4. The van der Waals surface area contributed by atoms with Gasteiger partial charge in [0.05, 0.1) is 12.2 Å². The Morgan fingerprint density at radius 2 is 2.00 bits per heavy atom. The third-order valence-corrected chi connectivity index (χ3v) is 2.43. The van der Waals surface area contributed by atoms with Crippen molar-refractivity contribution in [2.45, 2.75) is 13.8 Å². The maximum atomic E-state index is 11.8. The minimum atomic E-state index is -0.284. The summed E-state index contributed by atoms with van der Waals surface area (Å²) in [5.74, 6) is 4.82. The van der Waals surface area contributed by atoms with Crippen molar-refractivity contribution in [3.8, 4) is 0 Å². The fraction of sp³-hybridized carbons (Fsp3) is 0.333. The van der Waals surface area contributed by atoms with E-state index >= 15 is 0 Å². The number of anilines is 1. The van der Waals surface area contributed by atoms with E-state index in [0.717, 1.165) is 11.3 Å². The van der Waals surface area contributed by atoms with Crippen LogP contribution < -0.4 is 21.9 Å². The van der Waals surface area contributed by atoms with Crippen LogP contribution in [0.15, 0.2) is 18.2 Å². The number of aryl methyl sites for hydroxylation is 1. The molecule has 5 N–H and O–H groups in total. The molecule has 0 aliphatic rings. The molecule has 0 aliphatic carbocycles. The van der Waals surface area contributed by atoms with Crippen LogP contribution in [-0.4, -0.2) is 24.9 Å². The zero-order chi connectivity index (χ0) is 13.5. The number of carbonyl (C=O) groups excluding carboxylic acids is 2. The molecule has 6 heteroatoms. The molecule has 1 aromatic carbocycles. The van der Waals surface area contributed by atoms with Gasteiger partial charge in [0, 0.05) is 12.1 Å². The number of hydrazine groups is 1. The van der Waals surface area contributed by atoms with Gasteiger partial charge in [-0.2, -0.15) is 0 Å². The fourth-order valence-corrected chi connectivity index (χ4v) is 1.49. The summed E-state index contributed by atoms with van der Waals surface area (Å²) in [4.78, 5) is 23.0. The molecule has 0 unspecified atom stereocenters. The zero-order valence-electron chi connectivity index (χ0n) is 10.5. The highest BCUT2D eigenvalue weighted by atomic mass is 16.2. The molecule has 0 radical (unpaired) electrons. The second kappa shape index (κ2) is 6.61. The Bertz CT molecular complexity index is 446. The van der Waals surface area contributed by atoms with Gasteiger partial charge in [-0.05, 0) is 37.6 Å². The minimum Gasteiger partial charge on any atom is -0.355 e. The van der Waals surface area contributed by atoms with Gasteiger partial charge < -0.3 is 16.1 Å². The van der Waals surface area contributed by atoms with Crippen molar-refractivity contribution < 1.29 is 9.59 Å². The maximum Gasteiger partial charge on any atom is 0.251 e. The summed E-state index contributed by atoms with van der Waals surface area (Å²) in [6.07, 6.45) is 0. The molecule has 0 spiro atoms. The largest absolute Gasteiger partial charge is 0.355 e. The van der Waals surface area contributed by atoms with Gasteiger partial charge in [-0.25, -0.2) is 0 Å². The number of benzene rings is 1. The van der Waals surface area contributed by atoms with Crippen molar-refractivity contribution in [2.24, 2.45) is 5.84 Å². The predicted octanol–water partition coefficient (Wildman–Crippen LogP) is 0.147. The number of nitrogens with two attached hydrogens (primary N) is 1. The Balaban J connectivity index is 2.62. The first-order chi connectivity index (χ1) is 8.58. The minimum absolute atomic E-state index is 0.0252. The van der Waals surface area contributed by atoms with Crippen LogP contribution >= 0.6 is 0 Å². The number of rotatable bonds is 5. The van der Waals surface area contributed by atoms with Crippen molar-refractivity contribution >= 4 is 17.5 Å². The lowest BCUT2D eigenvalue weighted by Crippen LogP contribution is -2.36. The molecule has 0 aromatic heterocycles. The summed E-state index contributed by atoms with van der Waals surface area (Å²) in [6, 6.07) is 5.08. The summed E-state index contributed by atoms with van der Waals surface area (Å²) in [7, 11) is 0. The van der Waals surface area contributed by atoms with Gasteiger partial charge in [-0.1, -0.05) is 0 Å². The molecule has 0 saturated heterocycles. The van der Waals surface area contributed by atoms with Crippen LogP contribution in [0.4, 0.5) is 5.69 Å². The fourth-order valence-electron chi connectivity index (χ4n) is 1.49. The van der Waals surface area contributed by atoms with Crippen LogP contribution in [0.3, 0.4) is 0 Å². The highest BCUT2D eigenvalue weighted by Gasteiger charge is 2.08. The van der Waals surface area contributed by atoms with E-state index in [1.807, 2.05) is 13.8 Å². The Hall–Kier alpha value is -2.08. The number of amides is 2. The molecule has 1 aromatic rings. The number of likely N-dealkylation sites (N-methyl/N-ethyl adjacent to an activating group) is 1. The maximum absolute atomic E-state index is 11.8. The first-order valence-corrected chi connectivity index (χ1v) is 5.70. The number of nitrogens with one attached hydrogen (secondary N) is 3. The average molecular weight is 250 g/mol. The Morgan fingerprint density at radius 3 is 2.56 bits per heavy atom. The molecule has 2 amide bonds. The van der Waals surface area contributed by atoms with Crippen LogP contribution in [0.25, 0.3) is 0 Å². The zero-order valence-corrected chi connectivity index (χ0v) is 10.5. The van der Waals surface area contributed by atoms with Crippen LogP contribution in [0, 0.1) is 6.92 Å². The van der Waals surface area contributed by atoms with Gasteiger partial charge in [0.2, 0.25) is 5.91 Å². The Kier molecular flexibility index (Phi) is 5.13. The van der Waals surface area contributed by atoms with Crippen molar-refractivity contribution in [3.05, 3.63) is 29.3 Å². The topological polar surface area (TPSA) is 96.2 Å². The van der Waals surface area contributed by atoms with Crippen molar-refractivity contribution in [1.29, 1.82) is 0 Å². The van der Waals surface area contributed by atoms with E-state index in [0.29, 0.717) is 12.1 Å². The lowest BCUT2D eigenvalue weighted by atomic mass is 10.1. The van der Waals surface area contributed by atoms with Gasteiger partial charge in [-0.3, -0.25) is 15.4 Å². The summed E-state index contributed by atoms with van der Waals surface area (Å²) in [5.41, 5.74) is 4.65. The van der Waals surface area contributed by atoms with E-state index in [4.69, 9.17) is 5.84 Å². The number of hydrogen-bond acceptors (Lipinski definition) is 4. The summed E-state index contributed by atoms with van der Waals surface area (Å²) >= 11 is 0. The predicted molar refractivity (Wildman–Crippen MR) is 70.0 cm³/mol. The molecule has 18 heavy (non-hydrogen) atoms. The Morgan fingerprint density at radius 1 is 1.28 bits per heavy atom. The van der Waals surface area contributed by atoms with Crippen LogP contribution in [-0.2, 0) is 4.79 Å². The molecule has 0 saturated carbocycles. The lowest BCUT2D eigenvalue weighted by Gasteiger charge is -2.08. The molecule has 0 aliphatic heterocycles. The highest BCUT2D eigenvalue weighted by Crippen LogP contribution is 2.14. The lowest BCUT2D eigenvalue weighted by molar-refractivity contribution is -0.120. The second-order valence-electron chi connectivity index (χ2n) is 3.81. The molecular formula is C12H18N4O2. The van der Waals surface area contributed by atoms with Crippen molar-refractivity contribution in [2.75, 3.05) is 18.5 Å². The first-order valence-electron chi connectivity index (χ1n) is 5.70. The highest BCUT2D eigenvalue weighted by molar-refractivity contribution is 5.97. The van der Waals surface area contributed by atoms with Crippen LogP contribution in [0.2, 0.25) is 0 Å². The van der Waals surface area contributed by atoms with Crippen molar-refractivity contribution in [3.63, 3.8) is 0 Å². The van der Waals surface area contributed by atoms with Gasteiger partial charge in [-0.15, -0.1) is 0 Å². The van der Waals surface area contributed by atoms with E-state index in [-0.39, 0.29) is 18.4 Å². The van der Waals surface area contributed by atoms with Crippen LogP contribution in [0.5, 0.6) is 0 Å². The van der Waals surface area contributed by atoms with Gasteiger partial charge in [0.1, 0.15) is 0 Å². The molecule has 0 bridgehead atoms. The molecule has 1 rings (SSSR count). The monoisotopic (exact) mass is 250 g/mol. The first kappa shape index (κ1) is 14.0. The van der Waals surface area contributed by atoms with E-state index in [1.54, 1.807) is 18.2 Å². The normalized spacial score (nSPS) is 9.72. The number of carbonyl (C=O) groups is 2. The van der Waals surface area contributed by atoms with E-state index in [1.165, 1.54) is 0 Å². The van der Waals surface area contributed by atoms with Crippen LogP contribution in [0.1, 0.15) is 22.8 Å². The molecule has 98 valence electrons. The molecule has 0 fully saturated rings. The standard InChI is InChI=1S/C12H18N4O2/c1-3-14-11(17)7-15-12(18)9-4-5-10(16-13)8(2)6-9/h4-6,16H,3,7,13H2,1-2H3,(H,14,17)(H,15,18). The Labute approximate surface area is 106 Å². The van der Waals surface area contributed by atoms with Gasteiger partial charge >= 0.3 is 0 Å². The van der Waals surface area contributed by atoms with E-state index in [9.17, 15) is 9.59 Å². The molecule has 6 nitrogen and oxygen atoms in total. The molecular weight excluding hydrogens is 232 g/mol. The third-order valence-electron chi connectivity index (χ3n) is 2.43. The second-order valence-corrected chi connectivity index (χ2v) is 3.81. The molecule has 0 atom stereocenters. The summed E-state index contributed by atoms with van der Waals surface area (Å²) in [5, 5.41) is 5.15. The summed E-state index contributed by atoms with van der Waals surface area (Å²) in [6.45, 7) is 4.19. The van der Waals surface area contributed by atoms with Gasteiger partial charge in [0.25, 0.3) is 5.91 Å². The summed E-state index contributed by atoms with van der Waals surface area (Å²) < 4.78 is 0. The SMILES string of the molecule is CCNC(=O)CNC(=O)c1ccc(NN)c(C)c1. The quantitative estimate of drug-likeness (QED) is 0.441. The van der Waals surface area contributed by atoms with E-state index < -0.39 is 0 Å². The third kappa shape index (κ3) is 3.74. The molecule has 0 heterocycles. The average Bonchev–Trinajstić information content (AvgIpc) is 2.36.